The molecule has 0 aliphatic rings. The number of ether oxygens (including phenoxy) is 1. The maximum atomic E-state index is 12.2. The maximum absolute atomic E-state index is 12.2. The zero-order chi connectivity index (χ0) is 13.8. The monoisotopic (exact) mass is 262 g/mol. The van der Waals surface area contributed by atoms with Crippen molar-refractivity contribution in [2.75, 3.05) is 17.7 Å². The van der Waals surface area contributed by atoms with Crippen LogP contribution in [-0.2, 0) is 0 Å². The normalized spacial score (nSPS) is 13.2. The first-order valence-electron chi connectivity index (χ1n) is 5.68. The molecule has 1 unspecified atom stereocenters. The average Bonchev–Trinajstić information content (AvgIpc) is 2.21. The molecule has 0 amide bonds. The van der Waals surface area contributed by atoms with Crippen LogP contribution in [0, 0.1) is 0 Å². The molecule has 3 nitrogen and oxygen atoms in total. The fourth-order valence-corrected chi connectivity index (χ4v) is 1.61. The van der Waals surface area contributed by atoms with Gasteiger partial charge in [0.2, 0.25) is 0 Å². The van der Waals surface area contributed by atoms with E-state index in [9.17, 15) is 13.2 Å². The molecule has 1 atom stereocenters. The zero-order valence-corrected chi connectivity index (χ0v) is 10.3. The van der Waals surface area contributed by atoms with Gasteiger partial charge in [0.05, 0.1) is 24.4 Å². The summed E-state index contributed by atoms with van der Waals surface area (Å²) in [6.07, 6.45) is -5.11. The molecule has 3 N–H and O–H groups in total. The quantitative estimate of drug-likeness (QED) is 0.799. The summed E-state index contributed by atoms with van der Waals surface area (Å²) in [5.41, 5.74) is 6.60. The van der Waals surface area contributed by atoms with Crippen molar-refractivity contribution in [2.24, 2.45) is 0 Å². The van der Waals surface area contributed by atoms with Gasteiger partial charge >= 0.3 is 6.18 Å². The molecule has 0 saturated heterocycles. The molecule has 0 radical (unpaired) electrons. The summed E-state index contributed by atoms with van der Waals surface area (Å²) in [5.74, 6) is 0.474. The number of nitrogens with one attached hydrogen (secondary N) is 1. The first kappa shape index (κ1) is 14.5. The SMILES string of the molecule is CCOc1cccc(NC(C)CC(F)(F)F)c1N. The fraction of sp³-hybridized carbons (Fsp3) is 0.500. The van der Waals surface area contributed by atoms with Gasteiger partial charge in [0.25, 0.3) is 0 Å². The predicted molar refractivity (Wildman–Crippen MR) is 65.8 cm³/mol. The predicted octanol–water partition coefficient (Wildman–Crippen LogP) is 3.42. The van der Waals surface area contributed by atoms with Gasteiger partial charge in [-0.15, -0.1) is 0 Å². The van der Waals surface area contributed by atoms with Crippen molar-refractivity contribution in [3.63, 3.8) is 0 Å². The molecule has 0 fully saturated rings. The molecular weight excluding hydrogens is 245 g/mol. The van der Waals surface area contributed by atoms with E-state index in [4.69, 9.17) is 10.5 Å². The number of hydrogen-bond donors (Lipinski definition) is 2. The summed E-state index contributed by atoms with van der Waals surface area (Å²) in [4.78, 5) is 0. The molecule has 0 aromatic heterocycles. The van der Waals surface area contributed by atoms with E-state index in [0.717, 1.165) is 0 Å². The Balaban J connectivity index is 2.75. The van der Waals surface area contributed by atoms with E-state index in [0.29, 0.717) is 23.7 Å². The first-order valence-corrected chi connectivity index (χ1v) is 5.68. The summed E-state index contributed by atoms with van der Waals surface area (Å²) in [5, 5.41) is 2.74. The zero-order valence-electron chi connectivity index (χ0n) is 10.3. The minimum absolute atomic E-state index is 0.327. The molecule has 0 aliphatic heterocycles. The lowest BCUT2D eigenvalue weighted by molar-refractivity contribution is -0.136. The van der Waals surface area contributed by atoms with E-state index < -0.39 is 18.6 Å². The molecule has 102 valence electrons. The highest BCUT2D eigenvalue weighted by Crippen LogP contribution is 2.31. The minimum Gasteiger partial charge on any atom is -0.492 e. The number of anilines is 2. The van der Waals surface area contributed by atoms with Gasteiger partial charge in [-0.05, 0) is 26.0 Å². The number of benzene rings is 1. The van der Waals surface area contributed by atoms with Crippen LogP contribution in [0.2, 0.25) is 0 Å². The summed E-state index contributed by atoms with van der Waals surface area (Å²) in [6.45, 7) is 3.72. The van der Waals surface area contributed by atoms with Crippen LogP contribution < -0.4 is 15.8 Å². The van der Waals surface area contributed by atoms with Crippen molar-refractivity contribution in [2.45, 2.75) is 32.5 Å². The molecule has 1 aromatic rings. The van der Waals surface area contributed by atoms with Crippen LogP contribution in [0.3, 0.4) is 0 Å². The third-order valence-corrected chi connectivity index (χ3v) is 2.31. The Morgan fingerprint density at radius 3 is 2.61 bits per heavy atom. The highest BCUT2D eigenvalue weighted by Gasteiger charge is 2.30. The van der Waals surface area contributed by atoms with Crippen LogP contribution >= 0.6 is 0 Å². The van der Waals surface area contributed by atoms with Gasteiger partial charge in [-0.1, -0.05) is 6.07 Å². The first-order chi connectivity index (χ1) is 8.33. The van der Waals surface area contributed by atoms with E-state index in [1.807, 2.05) is 6.92 Å². The van der Waals surface area contributed by atoms with Gasteiger partial charge in [0.15, 0.2) is 0 Å². The van der Waals surface area contributed by atoms with Crippen LogP contribution in [0.5, 0.6) is 5.75 Å². The molecule has 6 heteroatoms. The van der Waals surface area contributed by atoms with E-state index in [2.05, 4.69) is 5.32 Å². The number of hydrogen-bond acceptors (Lipinski definition) is 3. The van der Waals surface area contributed by atoms with Crippen molar-refractivity contribution in [1.29, 1.82) is 0 Å². The fourth-order valence-electron chi connectivity index (χ4n) is 1.61. The van der Waals surface area contributed by atoms with E-state index in [1.165, 1.54) is 6.92 Å². The third kappa shape index (κ3) is 4.35. The van der Waals surface area contributed by atoms with Crippen LogP contribution in [0.4, 0.5) is 24.5 Å². The summed E-state index contributed by atoms with van der Waals surface area (Å²) in [7, 11) is 0. The maximum Gasteiger partial charge on any atom is 0.391 e. The van der Waals surface area contributed by atoms with Crippen molar-refractivity contribution in [3.05, 3.63) is 18.2 Å². The summed E-state index contributed by atoms with van der Waals surface area (Å²) < 4.78 is 41.9. The lowest BCUT2D eigenvalue weighted by Crippen LogP contribution is -2.24. The smallest absolute Gasteiger partial charge is 0.391 e. The minimum atomic E-state index is -4.20. The van der Waals surface area contributed by atoms with Gasteiger partial charge in [0, 0.05) is 6.04 Å². The van der Waals surface area contributed by atoms with Crippen molar-refractivity contribution < 1.29 is 17.9 Å². The molecule has 18 heavy (non-hydrogen) atoms. The third-order valence-electron chi connectivity index (χ3n) is 2.31. The van der Waals surface area contributed by atoms with E-state index >= 15 is 0 Å². The Morgan fingerprint density at radius 1 is 1.39 bits per heavy atom. The highest BCUT2D eigenvalue weighted by atomic mass is 19.4. The van der Waals surface area contributed by atoms with Gasteiger partial charge in [-0.2, -0.15) is 13.2 Å². The summed E-state index contributed by atoms with van der Waals surface area (Å²) in [6, 6.07) is 4.25. The Hall–Kier alpha value is -1.59. The van der Waals surface area contributed by atoms with Gasteiger partial charge < -0.3 is 15.8 Å². The number of alkyl halides is 3. The van der Waals surface area contributed by atoms with Crippen LogP contribution in [-0.4, -0.2) is 18.8 Å². The second-order valence-corrected chi connectivity index (χ2v) is 4.02. The number of nitrogen functional groups attached to an aromatic ring is 1. The van der Waals surface area contributed by atoms with E-state index in [-0.39, 0.29) is 0 Å². The standard InChI is InChI=1S/C12H17F3N2O/c1-3-18-10-6-4-5-9(11(10)16)17-8(2)7-12(13,14)15/h4-6,8,17H,3,7,16H2,1-2H3. The largest absolute Gasteiger partial charge is 0.492 e. The molecule has 0 aliphatic carbocycles. The molecular formula is C12H17F3N2O. The van der Waals surface area contributed by atoms with Crippen molar-refractivity contribution in [3.8, 4) is 5.75 Å². The number of nitrogens with two attached hydrogens (primary N) is 1. The average molecular weight is 262 g/mol. The van der Waals surface area contributed by atoms with Crippen LogP contribution in [0.15, 0.2) is 18.2 Å². The summed E-state index contributed by atoms with van der Waals surface area (Å²) >= 11 is 0. The lowest BCUT2D eigenvalue weighted by Gasteiger charge is -2.19. The molecule has 0 bridgehead atoms. The van der Waals surface area contributed by atoms with E-state index in [1.54, 1.807) is 18.2 Å². The molecule has 1 rings (SSSR count). The van der Waals surface area contributed by atoms with Gasteiger partial charge in [-0.3, -0.25) is 0 Å². The van der Waals surface area contributed by atoms with Crippen molar-refractivity contribution in [1.82, 2.24) is 0 Å². The Kier molecular flexibility index (Phi) is 4.69. The molecule has 1 aromatic carbocycles. The lowest BCUT2D eigenvalue weighted by atomic mass is 10.2. The number of rotatable bonds is 5. The Morgan fingerprint density at radius 2 is 2.06 bits per heavy atom. The van der Waals surface area contributed by atoms with Gasteiger partial charge in [-0.25, -0.2) is 0 Å². The van der Waals surface area contributed by atoms with Crippen molar-refractivity contribution >= 4 is 11.4 Å². The second-order valence-electron chi connectivity index (χ2n) is 4.02. The second kappa shape index (κ2) is 5.84. The molecule has 0 saturated carbocycles. The Labute approximate surface area is 104 Å². The highest BCUT2D eigenvalue weighted by molar-refractivity contribution is 5.73. The van der Waals surface area contributed by atoms with Crippen LogP contribution in [0.1, 0.15) is 20.3 Å². The number of para-hydroxylation sites is 1. The topological polar surface area (TPSA) is 47.3 Å². The molecule has 0 heterocycles. The van der Waals surface area contributed by atoms with Crippen LogP contribution in [0.25, 0.3) is 0 Å². The number of halogens is 3. The molecule has 0 spiro atoms. The van der Waals surface area contributed by atoms with Gasteiger partial charge in [0.1, 0.15) is 5.75 Å². The Bertz CT molecular complexity index is 393.